The Morgan fingerprint density at radius 2 is 2.12 bits per heavy atom. The van der Waals surface area contributed by atoms with Crippen LogP contribution in [-0.4, -0.2) is 37.1 Å². The number of rotatable bonds is 8. The Balaban J connectivity index is 2.00. The van der Waals surface area contributed by atoms with Gasteiger partial charge >= 0.3 is 6.61 Å². The molecule has 1 fully saturated rings. The van der Waals surface area contributed by atoms with E-state index in [0.717, 1.165) is 24.8 Å². The van der Waals surface area contributed by atoms with Gasteiger partial charge in [-0.1, -0.05) is 12.5 Å². The summed E-state index contributed by atoms with van der Waals surface area (Å²) in [5.41, 5.74) is 6.82. The number of nitrogens with zero attached hydrogens (tertiary/aromatic N) is 1. The third-order valence-electron chi connectivity index (χ3n) is 4.52. The molecule has 1 aliphatic carbocycles. The molecule has 0 aromatic heterocycles. The van der Waals surface area contributed by atoms with E-state index in [1.165, 1.54) is 6.07 Å². The van der Waals surface area contributed by atoms with Crippen LogP contribution in [0.5, 0.6) is 11.5 Å². The van der Waals surface area contributed by atoms with Crippen molar-refractivity contribution in [2.45, 2.75) is 51.8 Å². The fourth-order valence-corrected chi connectivity index (χ4v) is 3.17. The smallest absolute Gasteiger partial charge is 0.387 e. The quantitative estimate of drug-likeness (QED) is 0.777. The summed E-state index contributed by atoms with van der Waals surface area (Å²) in [6.07, 6.45) is 3.49. The molecule has 1 saturated carbocycles. The molecule has 1 aromatic carbocycles. The Labute approximate surface area is 147 Å². The van der Waals surface area contributed by atoms with Crippen molar-refractivity contribution in [3.05, 3.63) is 23.8 Å². The molecular formula is C18H26F2N2O3. The van der Waals surface area contributed by atoms with Crippen molar-refractivity contribution in [2.24, 2.45) is 11.7 Å². The predicted octanol–water partition coefficient (Wildman–Crippen LogP) is 3.16. The Bertz CT molecular complexity index is 583. The molecule has 1 amide bonds. The first-order chi connectivity index (χ1) is 11.9. The Kier molecular flexibility index (Phi) is 6.99. The molecule has 1 aromatic rings. The van der Waals surface area contributed by atoms with Gasteiger partial charge in [0.25, 0.3) is 0 Å². The van der Waals surface area contributed by atoms with E-state index < -0.39 is 6.61 Å². The molecule has 1 aliphatic rings. The molecule has 2 atom stereocenters. The number of benzene rings is 1. The summed E-state index contributed by atoms with van der Waals surface area (Å²) in [7, 11) is 1.73. The van der Waals surface area contributed by atoms with Gasteiger partial charge in [0.1, 0.15) is 0 Å². The van der Waals surface area contributed by atoms with Gasteiger partial charge in [0.05, 0.1) is 6.61 Å². The second kappa shape index (κ2) is 8.99. The van der Waals surface area contributed by atoms with Crippen molar-refractivity contribution in [3.63, 3.8) is 0 Å². The molecule has 0 aliphatic heterocycles. The lowest BCUT2D eigenvalue weighted by Gasteiger charge is -2.22. The van der Waals surface area contributed by atoms with E-state index in [4.69, 9.17) is 10.5 Å². The van der Waals surface area contributed by atoms with Gasteiger partial charge in [0.2, 0.25) is 5.91 Å². The molecule has 2 rings (SSSR count). The molecule has 0 unspecified atom stereocenters. The molecular weight excluding hydrogens is 330 g/mol. The van der Waals surface area contributed by atoms with Gasteiger partial charge in [0.15, 0.2) is 11.5 Å². The fraction of sp³-hybridized carbons (Fsp3) is 0.611. The lowest BCUT2D eigenvalue weighted by Crippen LogP contribution is -2.32. The normalized spacial score (nSPS) is 19.9. The molecule has 0 heterocycles. The second-order valence-corrected chi connectivity index (χ2v) is 6.40. The van der Waals surface area contributed by atoms with Gasteiger partial charge in [-0.3, -0.25) is 4.79 Å². The summed E-state index contributed by atoms with van der Waals surface area (Å²) in [6.45, 7) is -0.447. The second-order valence-electron chi connectivity index (χ2n) is 6.40. The number of ether oxygens (including phenoxy) is 2. The maximum Gasteiger partial charge on any atom is 0.387 e. The SMILES string of the molecule is CCOc1cc(CN(C)C(=O)C[C@@H]2CCC[C@H]2N)ccc1OC(F)F. The Morgan fingerprint density at radius 3 is 2.72 bits per heavy atom. The number of hydrogen-bond acceptors (Lipinski definition) is 4. The highest BCUT2D eigenvalue weighted by Crippen LogP contribution is 2.31. The number of amides is 1. The van der Waals surface area contributed by atoms with Crippen LogP contribution in [-0.2, 0) is 11.3 Å². The molecule has 140 valence electrons. The lowest BCUT2D eigenvalue weighted by atomic mass is 9.99. The van der Waals surface area contributed by atoms with Gasteiger partial charge < -0.3 is 20.1 Å². The van der Waals surface area contributed by atoms with Crippen LogP contribution in [0.25, 0.3) is 0 Å². The molecule has 0 bridgehead atoms. The van der Waals surface area contributed by atoms with Crippen molar-refractivity contribution >= 4 is 5.91 Å². The number of hydrogen-bond donors (Lipinski definition) is 1. The largest absolute Gasteiger partial charge is 0.490 e. The summed E-state index contributed by atoms with van der Waals surface area (Å²) >= 11 is 0. The first-order valence-electron chi connectivity index (χ1n) is 8.60. The van der Waals surface area contributed by atoms with Crippen molar-refractivity contribution < 1.29 is 23.0 Å². The van der Waals surface area contributed by atoms with Crippen LogP contribution in [0.2, 0.25) is 0 Å². The van der Waals surface area contributed by atoms with Crippen LogP contribution in [0.3, 0.4) is 0 Å². The monoisotopic (exact) mass is 356 g/mol. The molecule has 2 N–H and O–H groups in total. The molecule has 25 heavy (non-hydrogen) atoms. The maximum absolute atomic E-state index is 12.4. The standard InChI is InChI=1S/C18H26F2N2O3/c1-3-24-16-9-12(7-8-15(16)25-18(19)20)11-22(2)17(23)10-13-5-4-6-14(13)21/h7-9,13-14,18H,3-6,10-11,21H2,1-2H3/t13-,14+/m0/s1. The third-order valence-corrected chi connectivity index (χ3v) is 4.52. The van der Waals surface area contributed by atoms with E-state index in [1.807, 2.05) is 0 Å². The van der Waals surface area contributed by atoms with Crippen molar-refractivity contribution in [1.82, 2.24) is 4.90 Å². The highest BCUT2D eigenvalue weighted by atomic mass is 19.3. The van der Waals surface area contributed by atoms with Crippen molar-refractivity contribution in [2.75, 3.05) is 13.7 Å². The molecule has 0 saturated heterocycles. The van der Waals surface area contributed by atoms with E-state index >= 15 is 0 Å². The zero-order chi connectivity index (χ0) is 18.4. The van der Waals surface area contributed by atoms with Crippen LogP contribution >= 0.6 is 0 Å². The lowest BCUT2D eigenvalue weighted by molar-refractivity contribution is -0.131. The highest BCUT2D eigenvalue weighted by Gasteiger charge is 2.27. The highest BCUT2D eigenvalue weighted by molar-refractivity contribution is 5.76. The summed E-state index contributed by atoms with van der Waals surface area (Å²) in [4.78, 5) is 14.0. The topological polar surface area (TPSA) is 64.8 Å². The van der Waals surface area contributed by atoms with Crippen LogP contribution in [0, 0.1) is 5.92 Å². The number of alkyl halides is 2. The van der Waals surface area contributed by atoms with E-state index in [1.54, 1.807) is 31.0 Å². The summed E-state index contributed by atoms with van der Waals surface area (Å²) in [5, 5.41) is 0. The third kappa shape index (κ3) is 5.56. The molecule has 0 radical (unpaired) electrons. The van der Waals surface area contributed by atoms with Crippen LogP contribution < -0.4 is 15.2 Å². The van der Waals surface area contributed by atoms with E-state index in [9.17, 15) is 13.6 Å². The molecule has 7 heteroatoms. The molecule has 0 spiro atoms. The zero-order valence-corrected chi connectivity index (χ0v) is 14.7. The molecule has 5 nitrogen and oxygen atoms in total. The van der Waals surface area contributed by atoms with Gasteiger partial charge in [-0.15, -0.1) is 0 Å². The zero-order valence-electron chi connectivity index (χ0n) is 14.7. The minimum Gasteiger partial charge on any atom is -0.490 e. The number of carbonyl (C=O) groups is 1. The summed E-state index contributed by atoms with van der Waals surface area (Å²) < 4.78 is 34.7. The fourth-order valence-electron chi connectivity index (χ4n) is 3.17. The average molecular weight is 356 g/mol. The predicted molar refractivity (Wildman–Crippen MR) is 90.7 cm³/mol. The van der Waals surface area contributed by atoms with Crippen LogP contribution in [0.15, 0.2) is 18.2 Å². The van der Waals surface area contributed by atoms with E-state index in [0.29, 0.717) is 19.6 Å². The minimum atomic E-state index is -2.91. The summed E-state index contributed by atoms with van der Waals surface area (Å²) in [6, 6.07) is 4.84. The Morgan fingerprint density at radius 1 is 1.36 bits per heavy atom. The van der Waals surface area contributed by atoms with Gasteiger partial charge in [0, 0.05) is 26.1 Å². The summed E-state index contributed by atoms with van der Waals surface area (Å²) in [5.74, 6) is 0.523. The van der Waals surface area contributed by atoms with E-state index in [-0.39, 0.29) is 29.4 Å². The van der Waals surface area contributed by atoms with E-state index in [2.05, 4.69) is 4.74 Å². The average Bonchev–Trinajstić information content (AvgIpc) is 2.94. The first-order valence-corrected chi connectivity index (χ1v) is 8.60. The Hall–Kier alpha value is -1.89. The van der Waals surface area contributed by atoms with Gasteiger partial charge in [-0.25, -0.2) is 0 Å². The number of carbonyl (C=O) groups excluding carboxylic acids is 1. The van der Waals surface area contributed by atoms with Crippen molar-refractivity contribution in [1.29, 1.82) is 0 Å². The number of nitrogens with two attached hydrogens (primary N) is 1. The number of halogens is 2. The van der Waals surface area contributed by atoms with Crippen LogP contribution in [0.1, 0.15) is 38.2 Å². The van der Waals surface area contributed by atoms with Crippen molar-refractivity contribution in [3.8, 4) is 11.5 Å². The van der Waals surface area contributed by atoms with Gasteiger partial charge in [-0.2, -0.15) is 8.78 Å². The van der Waals surface area contributed by atoms with Gasteiger partial charge in [-0.05, 0) is 43.4 Å². The first kappa shape index (κ1) is 19.4. The minimum absolute atomic E-state index is 0.00786. The maximum atomic E-state index is 12.4. The van der Waals surface area contributed by atoms with Crippen LogP contribution in [0.4, 0.5) is 8.78 Å².